The van der Waals surface area contributed by atoms with Crippen LogP contribution in [-0.4, -0.2) is 21.4 Å². The van der Waals surface area contributed by atoms with Crippen LogP contribution in [0.3, 0.4) is 0 Å². The highest BCUT2D eigenvalue weighted by Crippen LogP contribution is 2.01. The average molecular weight is 281 g/mol. The highest BCUT2D eigenvalue weighted by atomic mass is 127. The van der Waals surface area contributed by atoms with Crippen molar-refractivity contribution in [2.75, 3.05) is 6.61 Å². The summed E-state index contributed by atoms with van der Waals surface area (Å²) in [6.45, 7) is 3.42. The van der Waals surface area contributed by atoms with Crippen molar-refractivity contribution >= 4 is 22.6 Å². The zero-order chi connectivity index (χ0) is 8.97. The van der Waals surface area contributed by atoms with Gasteiger partial charge in [0.1, 0.15) is 6.61 Å². The van der Waals surface area contributed by atoms with Gasteiger partial charge in [-0.05, 0) is 6.42 Å². The van der Waals surface area contributed by atoms with Crippen LogP contribution >= 0.6 is 22.6 Å². The molecule has 0 saturated heterocycles. The first-order valence-electron chi connectivity index (χ1n) is 3.87. The van der Waals surface area contributed by atoms with Crippen molar-refractivity contribution in [3.63, 3.8) is 0 Å². The summed E-state index contributed by atoms with van der Waals surface area (Å²) in [4.78, 5) is 4.20. The number of aromatic nitrogens is 3. The largest absolute Gasteiger partial charge is 0.373 e. The van der Waals surface area contributed by atoms with Gasteiger partial charge in [-0.25, -0.2) is 9.67 Å². The fourth-order valence-corrected chi connectivity index (χ4v) is 1.42. The van der Waals surface area contributed by atoms with Gasteiger partial charge in [0.2, 0.25) is 3.83 Å². The normalized spacial score (nSPS) is 10.6. The molecule has 68 valence electrons. The molecule has 0 unspecified atom stereocenters. The van der Waals surface area contributed by atoms with Crippen molar-refractivity contribution in [2.24, 2.45) is 7.05 Å². The smallest absolute Gasteiger partial charge is 0.211 e. The predicted molar refractivity (Wildman–Crippen MR) is 53.7 cm³/mol. The van der Waals surface area contributed by atoms with Crippen molar-refractivity contribution in [2.45, 2.75) is 20.0 Å². The van der Waals surface area contributed by atoms with Gasteiger partial charge >= 0.3 is 0 Å². The highest BCUT2D eigenvalue weighted by Gasteiger charge is 2.03. The lowest BCUT2D eigenvalue weighted by molar-refractivity contribution is 0.113. The van der Waals surface area contributed by atoms with Gasteiger partial charge in [-0.2, -0.15) is 0 Å². The second-order valence-corrected chi connectivity index (χ2v) is 3.44. The second kappa shape index (κ2) is 4.76. The number of rotatable bonds is 4. The van der Waals surface area contributed by atoms with E-state index in [4.69, 9.17) is 4.74 Å². The third-order valence-electron chi connectivity index (χ3n) is 1.41. The lowest BCUT2D eigenvalue weighted by Gasteiger charge is -2.00. The van der Waals surface area contributed by atoms with Gasteiger partial charge in [-0.3, -0.25) is 0 Å². The van der Waals surface area contributed by atoms with Crippen LogP contribution in [0.2, 0.25) is 0 Å². The third-order valence-corrected chi connectivity index (χ3v) is 1.86. The Kier molecular flexibility index (Phi) is 3.93. The minimum absolute atomic E-state index is 0.556. The molecule has 0 aliphatic heterocycles. The van der Waals surface area contributed by atoms with Gasteiger partial charge < -0.3 is 4.74 Å². The summed E-state index contributed by atoms with van der Waals surface area (Å²) in [5.74, 6) is 0.882. The lowest BCUT2D eigenvalue weighted by Crippen LogP contribution is -2.02. The molecular formula is C7H12IN3O. The van der Waals surface area contributed by atoms with Crippen LogP contribution < -0.4 is 0 Å². The standard InChI is InChI=1S/C7H12IN3O/c1-3-4-12-5-6-9-7(8)10-11(6)2/h3-5H2,1-2H3. The molecule has 1 aromatic rings. The summed E-state index contributed by atoms with van der Waals surface area (Å²) in [6.07, 6.45) is 1.04. The molecule has 1 heterocycles. The maximum absolute atomic E-state index is 5.34. The van der Waals surface area contributed by atoms with E-state index in [9.17, 15) is 0 Å². The molecule has 0 N–H and O–H groups in total. The van der Waals surface area contributed by atoms with Crippen LogP contribution in [0.25, 0.3) is 0 Å². The van der Waals surface area contributed by atoms with Crippen molar-refractivity contribution < 1.29 is 4.74 Å². The van der Waals surface area contributed by atoms with E-state index in [0.717, 1.165) is 22.7 Å². The first-order valence-corrected chi connectivity index (χ1v) is 4.95. The molecule has 0 aliphatic carbocycles. The Hall–Kier alpha value is -0.170. The van der Waals surface area contributed by atoms with Gasteiger partial charge in [-0.15, -0.1) is 5.10 Å². The molecule has 4 nitrogen and oxygen atoms in total. The molecule has 0 radical (unpaired) electrons. The average Bonchev–Trinajstić information content (AvgIpc) is 2.31. The molecule has 0 amide bonds. The summed E-state index contributed by atoms with van der Waals surface area (Å²) in [7, 11) is 1.87. The number of nitrogens with zero attached hydrogens (tertiary/aromatic N) is 3. The zero-order valence-corrected chi connectivity index (χ0v) is 9.41. The van der Waals surface area contributed by atoms with Crippen molar-refractivity contribution in [3.05, 3.63) is 9.66 Å². The van der Waals surface area contributed by atoms with Crippen LogP contribution in [0, 0.1) is 3.83 Å². The molecule has 12 heavy (non-hydrogen) atoms. The van der Waals surface area contributed by atoms with E-state index in [-0.39, 0.29) is 0 Å². The number of halogens is 1. The molecule has 0 aromatic carbocycles. The SMILES string of the molecule is CCCOCc1nc(I)nn1C. The molecule has 0 spiro atoms. The number of hydrogen-bond donors (Lipinski definition) is 0. The van der Waals surface area contributed by atoms with Crippen molar-refractivity contribution in [1.82, 2.24) is 14.8 Å². The molecule has 0 fully saturated rings. The van der Waals surface area contributed by atoms with E-state index < -0.39 is 0 Å². The van der Waals surface area contributed by atoms with Crippen LogP contribution in [0.5, 0.6) is 0 Å². The number of hydrogen-bond acceptors (Lipinski definition) is 3. The Bertz CT molecular complexity index is 249. The molecule has 5 heteroatoms. The van der Waals surface area contributed by atoms with Crippen molar-refractivity contribution in [3.8, 4) is 0 Å². The topological polar surface area (TPSA) is 39.9 Å². The minimum atomic E-state index is 0.556. The molecule has 1 rings (SSSR count). The Balaban J connectivity index is 2.45. The van der Waals surface area contributed by atoms with Crippen LogP contribution in [0.4, 0.5) is 0 Å². The van der Waals surface area contributed by atoms with Gasteiger partial charge in [0.15, 0.2) is 5.82 Å². The third kappa shape index (κ3) is 2.71. The predicted octanol–water partition coefficient (Wildman–Crippen LogP) is 1.35. The molecular weight excluding hydrogens is 269 g/mol. The first-order chi connectivity index (χ1) is 5.74. The van der Waals surface area contributed by atoms with Crippen molar-refractivity contribution in [1.29, 1.82) is 0 Å². The van der Waals surface area contributed by atoms with E-state index in [2.05, 4.69) is 39.6 Å². The summed E-state index contributed by atoms with van der Waals surface area (Å²) in [5, 5.41) is 4.10. The van der Waals surface area contributed by atoms with E-state index in [1.807, 2.05) is 7.05 Å². The Morgan fingerprint density at radius 2 is 2.33 bits per heavy atom. The summed E-state index contributed by atoms with van der Waals surface area (Å²) in [6, 6.07) is 0. The second-order valence-electron chi connectivity index (χ2n) is 2.47. The van der Waals surface area contributed by atoms with E-state index in [1.165, 1.54) is 0 Å². The van der Waals surface area contributed by atoms with E-state index >= 15 is 0 Å². The Morgan fingerprint density at radius 1 is 1.58 bits per heavy atom. The van der Waals surface area contributed by atoms with Crippen LogP contribution in [-0.2, 0) is 18.4 Å². The Morgan fingerprint density at radius 3 is 2.83 bits per heavy atom. The maximum atomic E-state index is 5.34. The maximum Gasteiger partial charge on any atom is 0.211 e. The Labute approximate surface area is 85.5 Å². The molecule has 0 saturated carbocycles. The quantitative estimate of drug-likeness (QED) is 0.617. The zero-order valence-electron chi connectivity index (χ0n) is 7.25. The first kappa shape index (κ1) is 9.91. The number of aryl methyl sites for hydroxylation is 1. The molecule has 1 aromatic heterocycles. The summed E-state index contributed by atoms with van der Waals surface area (Å²) >= 11 is 2.09. The fraction of sp³-hybridized carbons (Fsp3) is 0.714. The van der Waals surface area contributed by atoms with Crippen LogP contribution in [0.15, 0.2) is 0 Å². The van der Waals surface area contributed by atoms with Gasteiger partial charge in [0.25, 0.3) is 0 Å². The van der Waals surface area contributed by atoms with E-state index in [1.54, 1.807) is 4.68 Å². The summed E-state index contributed by atoms with van der Waals surface area (Å²) in [5.41, 5.74) is 0. The van der Waals surface area contributed by atoms with E-state index in [0.29, 0.717) is 6.61 Å². The van der Waals surface area contributed by atoms with Crippen LogP contribution in [0.1, 0.15) is 19.2 Å². The molecule has 0 bridgehead atoms. The lowest BCUT2D eigenvalue weighted by atomic mass is 10.5. The molecule has 0 aliphatic rings. The highest BCUT2D eigenvalue weighted by molar-refractivity contribution is 14.1. The van der Waals surface area contributed by atoms with Gasteiger partial charge in [-0.1, -0.05) is 6.92 Å². The minimum Gasteiger partial charge on any atom is -0.373 e. The summed E-state index contributed by atoms with van der Waals surface area (Å²) < 4.78 is 7.85. The number of ether oxygens (including phenoxy) is 1. The molecule has 0 atom stereocenters. The monoisotopic (exact) mass is 281 g/mol. The fourth-order valence-electron chi connectivity index (χ4n) is 0.816. The van der Waals surface area contributed by atoms with Gasteiger partial charge in [0.05, 0.1) is 0 Å². The van der Waals surface area contributed by atoms with Gasteiger partial charge in [0, 0.05) is 36.2 Å².